The van der Waals surface area contributed by atoms with Gasteiger partial charge in [0.25, 0.3) is 5.95 Å². The minimum absolute atomic E-state index is 0.614. The molecule has 5 heteroatoms. The van der Waals surface area contributed by atoms with Crippen LogP contribution in [-0.2, 0) is 6.54 Å². The molecule has 0 aliphatic carbocycles. The molecular formula is C7H14N4O. The Morgan fingerprint density at radius 1 is 1.50 bits per heavy atom. The number of aromatic nitrogens is 2. The summed E-state index contributed by atoms with van der Waals surface area (Å²) in [7, 11) is 3.75. The van der Waals surface area contributed by atoms with Crippen LogP contribution in [0, 0.1) is 0 Å². The second-order valence-corrected chi connectivity index (χ2v) is 2.66. The molecule has 1 aromatic heterocycles. The van der Waals surface area contributed by atoms with Gasteiger partial charge >= 0.3 is 0 Å². The first-order valence-electron chi connectivity index (χ1n) is 3.94. The fraction of sp³-hybridized carbons (Fsp3) is 0.714. The van der Waals surface area contributed by atoms with E-state index >= 15 is 0 Å². The third-order valence-corrected chi connectivity index (χ3v) is 1.38. The van der Waals surface area contributed by atoms with E-state index < -0.39 is 0 Å². The van der Waals surface area contributed by atoms with Gasteiger partial charge < -0.3 is 14.7 Å². The van der Waals surface area contributed by atoms with Crippen LogP contribution >= 0.6 is 0 Å². The number of hydrogen-bond acceptors (Lipinski definition) is 5. The summed E-state index contributed by atoms with van der Waals surface area (Å²) in [5.74, 6) is 1.24. The van der Waals surface area contributed by atoms with E-state index in [4.69, 9.17) is 4.52 Å². The summed E-state index contributed by atoms with van der Waals surface area (Å²) in [6, 6.07) is 0. The highest BCUT2D eigenvalue weighted by Crippen LogP contribution is 2.04. The van der Waals surface area contributed by atoms with Crippen molar-refractivity contribution in [3.05, 3.63) is 5.89 Å². The largest absolute Gasteiger partial charge is 0.344 e. The molecule has 0 atom stereocenters. The molecule has 68 valence electrons. The standard InChI is InChI=1S/C7H14N4O/c1-4-8-5-6-9-7(10-12-6)11(2)3/h8H,4-5H2,1-3H3. The van der Waals surface area contributed by atoms with Gasteiger partial charge in [-0.2, -0.15) is 4.98 Å². The maximum atomic E-state index is 4.96. The van der Waals surface area contributed by atoms with Crippen molar-refractivity contribution < 1.29 is 4.52 Å². The monoisotopic (exact) mass is 170 g/mol. The van der Waals surface area contributed by atoms with E-state index in [1.54, 1.807) is 4.90 Å². The van der Waals surface area contributed by atoms with Gasteiger partial charge in [-0.25, -0.2) is 0 Å². The Bertz CT molecular complexity index is 233. The third kappa shape index (κ3) is 2.20. The summed E-state index contributed by atoms with van der Waals surface area (Å²) >= 11 is 0. The normalized spacial score (nSPS) is 10.2. The van der Waals surface area contributed by atoms with Gasteiger partial charge in [0.05, 0.1) is 6.54 Å². The summed E-state index contributed by atoms with van der Waals surface area (Å²) in [6.07, 6.45) is 0. The van der Waals surface area contributed by atoms with Crippen molar-refractivity contribution >= 4 is 5.95 Å². The van der Waals surface area contributed by atoms with Gasteiger partial charge in [-0.05, 0) is 11.7 Å². The van der Waals surface area contributed by atoms with Gasteiger partial charge in [-0.3, -0.25) is 0 Å². The van der Waals surface area contributed by atoms with E-state index in [0.29, 0.717) is 18.4 Å². The Hall–Kier alpha value is -1.10. The lowest BCUT2D eigenvalue weighted by atomic mass is 10.6. The van der Waals surface area contributed by atoms with Gasteiger partial charge in [-0.1, -0.05) is 6.92 Å². The molecule has 0 unspecified atom stereocenters. The van der Waals surface area contributed by atoms with E-state index in [-0.39, 0.29) is 0 Å². The topological polar surface area (TPSA) is 54.2 Å². The Balaban J connectivity index is 2.52. The lowest BCUT2D eigenvalue weighted by Gasteiger charge is -2.02. The zero-order valence-corrected chi connectivity index (χ0v) is 7.66. The highest BCUT2D eigenvalue weighted by atomic mass is 16.5. The molecule has 12 heavy (non-hydrogen) atoms. The van der Waals surface area contributed by atoms with Crippen LogP contribution in [0.3, 0.4) is 0 Å². The van der Waals surface area contributed by atoms with E-state index in [9.17, 15) is 0 Å². The van der Waals surface area contributed by atoms with Gasteiger partial charge in [0.15, 0.2) is 0 Å². The van der Waals surface area contributed by atoms with E-state index in [1.807, 2.05) is 21.0 Å². The predicted molar refractivity (Wildman–Crippen MR) is 46.0 cm³/mol. The Kier molecular flexibility index (Phi) is 3.04. The summed E-state index contributed by atoms with van der Waals surface area (Å²) in [5, 5.41) is 6.87. The van der Waals surface area contributed by atoms with Crippen molar-refractivity contribution in [2.45, 2.75) is 13.5 Å². The maximum Gasteiger partial charge on any atom is 0.265 e. The number of rotatable bonds is 4. The summed E-state index contributed by atoms with van der Waals surface area (Å²) in [5.41, 5.74) is 0. The first-order chi connectivity index (χ1) is 5.74. The lowest BCUT2D eigenvalue weighted by molar-refractivity contribution is 0.368. The van der Waals surface area contributed by atoms with Gasteiger partial charge in [-0.15, -0.1) is 0 Å². The predicted octanol–water partition coefficient (Wildman–Crippen LogP) is 0.245. The second-order valence-electron chi connectivity index (χ2n) is 2.66. The second kappa shape index (κ2) is 4.06. The molecule has 0 aliphatic heterocycles. The Morgan fingerprint density at radius 3 is 2.75 bits per heavy atom. The van der Waals surface area contributed by atoms with Crippen LogP contribution in [0.4, 0.5) is 5.95 Å². The molecule has 0 radical (unpaired) electrons. The molecule has 0 amide bonds. The molecule has 0 aliphatic rings. The van der Waals surface area contributed by atoms with Crippen LogP contribution in [0.15, 0.2) is 4.52 Å². The first kappa shape index (κ1) is 8.99. The highest BCUT2D eigenvalue weighted by molar-refractivity contribution is 5.23. The molecular weight excluding hydrogens is 156 g/mol. The third-order valence-electron chi connectivity index (χ3n) is 1.38. The molecule has 0 fully saturated rings. The SMILES string of the molecule is CCNCc1nc(N(C)C)no1. The number of hydrogen-bond donors (Lipinski definition) is 1. The molecule has 1 heterocycles. The summed E-state index contributed by atoms with van der Waals surface area (Å²) in [4.78, 5) is 5.94. The molecule has 0 aromatic carbocycles. The smallest absolute Gasteiger partial charge is 0.265 e. The quantitative estimate of drug-likeness (QED) is 0.701. The van der Waals surface area contributed by atoms with E-state index in [1.165, 1.54) is 0 Å². The van der Waals surface area contributed by atoms with Crippen LogP contribution in [0.2, 0.25) is 0 Å². The van der Waals surface area contributed by atoms with Crippen molar-refractivity contribution in [1.29, 1.82) is 0 Å². The van der Waals surface area contributed by atoms with Crippen molar-refractivity contribution in [1.82, 2.24) is 15.5 Å². The molecule has 0 spiro atoms. The number of anilines is 1. The van der Waals surface area contributed by atoms with Crippen LogP contribution in [0.1, 0.15) is 12.8 Å². The average molecular weight is 170 g/mol. The molecule has 5 nitrogen and oxygen atoms in total. The van der Waals surface area contributed by atoms with Crippen LogP contribution in [-0.4, -0.2) is 30.8 Å². The highest BCUT2D eigenvalue weighted by Gasteiger charge is 2.05. The average Bonchev–Trinajstić information content (AvgIpc) is 2.48. The summed E-state index contributed by atoms with van der Waals surface area (Å²) in [6.45, 7) is 3.57. The molecule has 0 saturated carbocycles. The Labute approximate surface area is 71.8 Å². The van der Waals surface area contributed by atoms with E-state index in [0.717, 1.165) is 6.54 Å². The minimum atomic E-state index is 0.614. The van der Waals surface area contributed by atoms with Gasteiger partial charge in [0.1, 0.15) is 0 Å². The van der Waals surface area contributed by atoms with Crippen molar-refractivity contribution in [3.63, 3.8) is 0 Å². The van der Waals surface area contributed by atoms with Crippen molar-refractivity contribution in [2.75, 3.05) is 25.5 Å². The molecule has 1 rings (SSSR count). The fourth-order valence-electron chi connectivity index (χ4n) is 0.731. The number of nitrogens with zero attached hydrogens (tertiary/aromatic N) is 3. The molecule has 0 saturated heterocycles. The molecule has 0 bridgehead atoms. The van der Waals surface area contributed by atoms with E-state index in [2.05, 4.69) is 15.5 Å². The molecule has 1 aromatic rings. The van der Waals surface area contributed by atoms with Gasteiger partial charge in [0, 0.05) is 14.1 Å². The zero-order valence-electron chi connectivity index (χ0n) is 7.66. The van der Waals surface area contributed by atoms with Crippen molar-refractivity contribution in [2.24, 2.45) is 0 Å². The zero-order chi connectivity index (χ0) is 8.97. The Morgan fingerprint density at radius 2 is 2.25 bits per heavy atom. The maximum absolute atomic E-state index is 4.96. The van der Waals surface area contributed by atoms with Crippen LogP contribution in [0.25, 0.3) is 0 Å². The lowest BCUT2D eigenvalue weighted by Crippen LogP contribution is -2.13. The van der Waals surface area contributed by atoms with Gasteiger partial charge in [0.2, 0.25) is 5.89 Å². The van der Waals surface area contributed by atoms with Crippen molar-refractivity contribution in [3.8, 4) is 0 Å². The fourth-order valence-corrected chi connectivity index (χ4v) is 0.731. The first-order valence-corrected chi connectivity index (χ1v) is 3.94. The van der Waals surface area contributed by atoms with Crippen LogP contribution in [0.5, 0.6) is 0 Å². The minimum Gasteiger partial charge on any atom is -0.344 e. The number of nitrogens with one attached hydrogen (secondary N) is 1. The molecule has 1 N–H and O–H groups in total. The van der Waals surface area contributed by atoms with Crippen LogP contribution < -0.4 is 10.2 Å². The summed E-state index contributed by atoms with van der Waals surface area (Å²) < 4.78 is 4.96.